The minimum absolute atomic E-state index is 0.180. The van der Waals surface area contributed by atoms with E-state index in [4.69, 9.17) is 10.5 Å². The van der Waals surface area contributed by atoms with Crippen LogP contribution in [0.5, 0.6) is 0 Å². The number of aromatic amines is 1. The molecule has 2 aliphatic rings. The fourth-order valence-electron chi connectivity index (χ4n) is 6.88. The third-order valence-electron chi connectivity index (χ3n) is 9.58. The van der Waals surface area contributed by atoms with Gasteiger partial charge in [0.15, 0.2) is 0 Å². The summed E-state index contributed by atoms with van der Waals surface area (Å²) in [6.07, 6.45) is 9.85. The maximum atomic E-state index is 14.5. The van der Waals surface area contributed by atoms with Crippen LogP contribution >= 0.6 is 0 Å². The Morgan fingerprint density at radius 1 is 0.920 bits per heavy atom. The first-order valence-electron chi connectivity index (χ1n) is 17.9. The van der Waals surface area contributed by atoms with Crippen molar-refractivity contribution >= 4 is 23.6 Å². The standard InChI is InChI=1S/C38H51N7O5/c39-17-10-18-41-37(48)34-22-31(50-25-29-15-8-3-9-16-29)24-45(34)38(49)33(19-27-11-4-1-5-12-27)44-36(47)32(21-30-23-40-26-42-30)43-35(46)20-28-13-6-2-7-14-28/h1,3-5,8-9,11-12,15-16,23,26,28,31-34H,2,6-7,10,13-14,17-22,24-25,39H2,(H,40,42)(H,41,48)(H,43,46)(H,44,47)/t31-,32-,33+,34?/m0/s1. The Hall–Kier alpha value is -4.55. The molecular weight excluding hydrogens is 634 g/mol. The summed E-state index contributed by atoms with van der Waals surface area (Å²) in [4.78, 5) is 64.0. The van der Waals surface area contributed by atoms with Crippen LogP contribution in [0.1, 0.15) is 68.2 Å². The predicted molar refractivity (Wildman–Crippen MR) is 189 cm³/mol. The van der Waals surface area contributed by atoms with Crippen molar-refractivity contribution in [2.75, 3.05) is 19.6 Å². The second-order valence-corrected chi connectivity index (χ2v) is 13.5. The molecule has 0 spiro atoms. The number of amides is 4. The number of hydrogen-bond acceptors (Lipinski definition) is 7. The molecule has 1 aromatic heterocycles. The number of H-pyrrole nitrogens is 1. The minimum Gasteiger partial charge on any atom is -0.372 e. The number of hydrogen-bond donors (Lipinski definition) is 5. The number of aromatic nitrogens is 2. The minimum atomic E-state index is -1.00. The van der Waals surface area contributed by atoms with Gasteiger partial charge in [0.2, 0.25) is 23.6 Å². The molecule has 2 heterocycles. The van der Waals surface area contributed by atoms with E-state index >= 15 is 0 Å². The molecule has 12 nitrogen and oxygen atoms in total. The lowest BCUT2D eigenvalue weighted by molar-refractivity contribution is -0.142. The van der Waals surface area contributed by atoms with Crippen molar-refractivity contribution in [3.8, 4) is 0 Å². The number of nitrogens with one attached hydrogen (secondary N) is 4. The number of carbonyl (C=O) groups excluding carboxylic acids is 4. The van der Waals surface area contributed by atoms with Crippen molar-refractivity contribution in [2.24, 2.45) is 11.7 Å². The molecule has 2 fully saturated rings. The molecule has 6 N–H and O–H groups in total. The average molecular weight is 686 g/mol. The van der Waals surface area contributed by atoms with Crippen LogP contribution in [0.4, 0.5) is 0 Å². The van der Waals surface area contributed by atoms with Crippen LogP contribution in [0.25, 0.3) is 0 Å². The van der Waals surface area contributed by atoms with Gasteiger partial charge < -0.3 is 36.3 Å². The van der Waals surface area contributed by atoms with E-state index in [0.29, 0.717) is 50.6 Å². The summed E-state index contributed by atoms with van der Waals surface area (Å²) in [5.41, 5.74) is 8.17. The molecule has 0 bridgehead atoms. The number of benzene rings is 2. The molecule has 50 heavy (non-hydrogen) atoms. The van der Waals surface area contributed by atoms with Gasteiger partial charge in [-0.05, 0) is 42.9 Å². The normalized spacial score (nSPS) is 19.0. The smallest absolute Gasteiger partial charge is 0.246 e. The highest BCUT2D eigenvalue weighted by molar-refractivity contribution is 5.95. The van der Waals surface area contributed by atoms with Gasteiger partial charge in [-0.1, -0.05) is 79.9 Å². The second-order valence-electron chi connectivity index (χ2n) is 13.5. The van der Waals surface area contributed by atoms with Gasteiger partial charge in [0, 0.05) is 50.7 Å². The summed E-state index contributed by atoms with van der Waals surface area (Å²) in [6, 6.07) is 16.4. The number of nitrogens with zero attached hydrogens (tertiary/aromatic N) is 2. The number of rotatable bonds is 17. The van der Waals surface area contributed by atoms with E-state index in [-0.39, 0.29) is 43.2 Å². The van der Waals surface area contributed by atoms with Crippen LogP contribution in [-0.2, 0) is 43.4 Å². The van der Waals surface area contributed by atoms with Crippen molar-refractivity contribution in [1.82, 2.24) is 30.8 Å². The van der Waals surface area contributed by atoms with Crippen molar-refractivity contribution in [3.05, 3.63) is 90.0 Å². The van der Waals surface area contributed by atoms with Gasteiger partial charge in [-0.3, -0.25) is 19.2 Å². The van der Waals surface area contributed by atoms with Gasteiger partial charge in [-0.25, -0.2) is 4.98 Å². The molecule has 3 aromatic rings. The summed E-state index contributed by atoms with van der Waals surface area (Å²) in [5.74, 6) is -1.04. The third kappa shape index (κ3) is 11.0. The third-order valence-corrected chi connectivity index (χ3v) is 9.58. The van der Waals surface area contributed by atoms with E-state index in [9.17, 15) is 19.2 Å². The number of nitrogens with two attached hydrogens (primary N) is 1. The molecule has 0 radical (unpaired) electrons. The van der Waals surface area contributed by atoms with Crippen molar-refractivity contribution < 1.29 is 23.9 Å². The van der Waals surface area contributed by atoms with Gasteiger partial charge in [-0.2, -0.15) is 0 Å². The topological polar surface area (TPSA) is 172 Å². The molecule has 268 valence electrons. The molecule has 2 aromatic carbocycles. The first kappa shape index (κ1) is 36.7. The van der Waals surface area contributed by atoms with Gasteiger partial charge in [0.25, 0.3) is 0 Å². The first-order chi connectivity index (χ1) is 24.4. The van der Waals surface area contributed by atoms with E-state index in [1.807, 2.05) is 60.7 Å². The summed E-state index contributed by atoms with van der Waals surface area (Å²) in [6.45, 7) is 1.36. The Kier molecular flexibility index (Phi) is 14.0. The quantitative estimate of drug-likeness (QED) is 0.136. The van der Waals surface area contributed by atoms with Gasteiger partial charge in [0.05, 0.1) is 19.0 Å². The predicted octanol–water partition coefficient (Wildman–Crippen LogP) is 2.79. The average Bonchev–Trinajstić information content (AvgIpc) is 3.82. The molecule has 4 amide bonds. The van der Waals surface area contributed by atoms with E-state index < -0.39 is 24.0 Å². The highest BCUT2D eigenvalue weighted by atomic mass is 16.5. The van der Waals surface area contributed by atoms with E-state index in [1.54, 1.807) is 6.20 Å². The zero-order valence-electron chi connectivity index (χ0n) is 28.7. The molecule has 1 saturated carbocycles. The van der Waals surface area contributed by atoms with E-state index in [0.717, 1.165) is 36.8 Å². The molecule has 1 aliphatic carbocycles. The monoisotopic (exact) mass is 685 g/mol. The van der Waals surface area contributed by atoms with Gasteiger partial charge in [0.1, 0.15) is 18.1 Å². The lowest BCUT2D eigenvalue weighted by Gasteiger charge is -2.30. The highest BCUT2D eigenvalue weighted by Crippen LogP contribution is 2.27. The SMILES string of the molecule is NCCCNC(=O)C1C[C@H](OCc2ccccc2)CN1C(=O)[C@@H](Cc1ccccc1)NC(=O)[C@H](Cc1cnc[nH]1)NC(=O)CC1CCCCC1. The highest BCUT2D eigenvalue weighted by Gasteiger charge is 2.43. The fourth-order valence-corrected chi connectivity index (χ4v) is 6.88. The van der Waals surface area contributed by atoms with Crippen LogP contribution in [0.2, 0.25) is 0 Å². The first-order valence-corrected chi connectivity index (χ1v) is 17.9. The van der Waals surface area contributed by atoms with Crippen LogP contribution in [0.15, 0.2) is 73.2 Å². The number of likely N-dealkylation sites (tertiary alicyclic amines) is 1. The van der Waals surface area contributed by atoms with Gasteiger partial charge >= 0.3 is 0 Å². The zero-order chi connectivity index (χ0) is 35.1. The Morgan fingerprint density at radius 2 is 1.64 bits per heavy atom. The van der Waals surface area contributed by atoms with Crippen molar-refractivity contribution in [1.29, 1.82) is 0 Å². The molecule has 1 aliphatic heterocycles. The number of imidazole rings is 1. The molecule has 5 rings (SSSR count). The number of ether oxygens (including phenoxy) is 1. The molecule has 1 saturated heterocycles. The maximum absolute atomic E-state index is 14.5. The second kappa shape index (κ2) is 19.0. The summed E-state index contributed by atoms with van der Waals surface area (Å²) < 4.78 is 6.22. The van der Waals surface area contributed by atoms with Crippen LogP contribution in [0.3, 0.4) is 0 Å². The summed E-state index contributed by atoms with van der Waals surface area (Å²) >= 11 is 0. The lowest BCUT2D eigenvalue weighted by Crippen LogP contribution is -2.57. The molecule has 1 unspecified atom stereocenters. The van der Waals surface area contributed by atoms with E-state index in [1.165, 1.54) is 17.6 Å². The lowest BCUT2D eigenvalue weighted by atomic mass is 9.87. The molecular formula is C38H51N7O5. The Bertz CT molecular complexity index is 1500. The number of carbonyl (C=O) groups is 4. The Labute approximate surface area is 294 Å². The summed E-state index contributed by atoms with van der Waals surface area (Å²) in [7, 11) is 0. The maximum Gasteiger partial charge on any atom is 0.246 e. The largest absolute Gasteiger partial charge is 0.372 e. The molecule has 4 atom stereocenters. The molecule has 12 heteroatoms. The van der Waals surface area contributed by atoms with E-state index in [2.05, 4.69) is 25.9 Å². The zero-order valence-corrected chi connectivity index (χ0v) is 28.7. The summed E-state index contributed by atoms with van der Waals surface area (Å²) in [5, 5.41) is 8.86. The van der Waals surface area contributed by atoms with Crippen LogP contribution in [-0.4, -0.2) is 82.4 Å². The Balaban J connectivity index is 1.35. The van der Waals surface area contributed by atoms with Crippen LogP contribution < -0.4 is 21.7 Å². The fraction of sp³-hybridized carbons (Fsp3) is 0.500. The van der Waals surface area contributed by atoms with Crippen LogP contribution in [0, 0.1) is 5.92 Å². The van der Waals surface area contributed by atoms with Gasteiger partial charge in [-0.15, -0.1) is 0 Å². The Morgan fingerprint density at radius 3 is 2.32 bits per heavy atom. The van der Waals surface area contributed by atoms with Crippen molar-refractivity contribution in [2.45, 2.75) is 95.0 Å². The van der Waals surface area contributed by atoms with Crippen molar-refractivity contribution in [3.63, 3.8) is 0 Å².